The molecule has 0 spiro atoms. The van der Waals surface area contributed by atoms with Crippen LogP contribution in [0, 0.1) is 6.92 Å². The van der Waals surface area contributed by atoms with Crippen LogP contribution in [0.1, 0.15) is 30.7 Å². The van der Waals surface area contributed by atoms with Gasteiger partial charge in [0.2, 0.25) is 0 Å². The molecule has 1 atom stereocenters. The number of fused-ring (bicyclic) bond motifs is 1. The molecule has 1 heterocycles. The van der Waals surface area contributed by atoms with E-state index < -0.39 is 0 Å². The number of hydrogen-bond acceptors (Lipinski definition) is 3. The molecule has 0 fully saturated rings. The van der Waals surface area contributed by atoms with Crippen molar-refractivity contribution in [1.82, 2.24) is 4.98 Å². The molecule has 3 heteroatoms. The maximum absolute atomic E-state index is 5.75. The Balaban J connectivity index is 2.43. The summed E-state index contributed by atoms with van der Waals surface area (Å²) in [6.45, 7) is 4.79. The summed E-state index contributed by atoms with van der Waals surface area (Å²) < 4.78 is 5.75. The van der Waals surface area contributed by atoms with Crippen LogP contribution in [0.2, 0.25) is 0 Å². The van der Waals surface area contributed by atoms with Gasteiger partial charge >= 0.3 is 0 Å². The van der Waals surface area contributed by atoms with Crippen molar-refractivity contribution in [3.8, 4) is 0 Å². The van der Waals surface area contributed by atoms with Crippen molar-refractivity contribution < 1.29 is 4.42 Å². The topological polar surface area (TPSA) is 52.0 Å². The van der Waals surface area contributed by atoms with Gasteiger partial charge in [0.1, 0.15) is 5.52 Å². The predicted octanol–water partition coefficient (Wildman–Crippen LogP) is 2.59. The number of aryl methyl sites for hydroxylation is 1. The fourth-order valence-electron chi connectivity index (χ4n) is 1.69. The van der Waals surface area contributed by atoms with Gasteiger partial charge in [-0.05, 0) is 31.5 Å². The van der Waals surface area contributed by atoms with E-state index in [9.17, 15) is 0 Å². The average Bonchev–Trinajstić information content (AvgIpc) is 2.63. The molecule has 0 amide bonds. The fraction of sp³-hybridized carbons (Fsp3) is 0.417. The Morgan fingerprint density at radius 3 is 2.93 bits per heavy atom. The number of benzene rings is 1. The van der Waals surface area contributed by atoms with Gasteiger partial charge in [-0.2, -0.15) is 0 Å². The van der Waals surface area contributed by atoms with Crippen molar-refractivity contribution in [2.45, 2.75) is 26.2 Å². The highest BCUT2D eigenvalue weighted by atomic mass is 16.3. The summed E-state index contributed by atoms with van der Waals surface area (Å²) in [4.78, 5) is 4.47. The smallest absolute Gasteiger partial charge is 0.198 e. The van der Waals surface area contributed by atoms with Crippen LogP contribution in [0.25, 0.3) is 11.1 Å². The molecule has 2 aromatic rings. The number of hydrogen-bond donors (Lipinski definition) is 1. The molecule has 0 saturated carbocycles. The van der Waals surface area contributed by atoms with Crippen molar-refractivity contribution in [3.63, 3.8) is 0 Å². The fourth-order valence-corrected chi connectivity index (χ4v) is 1.69. The molecular formula is C12H16N2O. The van der Waals surface area contributed by atoms with Gasteiger partial charge in [0, 0.05) is 5.92 Å². The second-order valence-corrected chi connectivity index (χ2v) is 3.95. The molecule has 0 saturated heterocycles. The Morgan fingerprint density at radius 1 is 1.47 bits per heavy atom. The minimum atomic E-state index is 0.293. The van der Waals surface area contributed by atoms with E-state index in [2.05, 4.69) is 11.9 Å². The van der Waals surface area contributed by atoms with Gasteiger partial charge in [-0.1, -0.05) is 19.1 Å². The summed E-state index contributed by atoms with van der Waals surface area (Å²) >= 11 is 0. The lowest BCUT2D eigenvalue weighted by Gasteiger charge is -2.02. The quantitative estimate of drug-likeness (QED) is 0.836. The van der Waals surface area contributed by atoms with Gasteiger partial charge < -0.3 is 10.2 Å². The molecule has 0 aliphatic rings. The average molecular weight is 204 g/mol. The number of para-hydroxylation sites is 1. The van der Waals surface area contributed by atoms with E-state index in [1.807, 2.05) is 25.1 Å². The third-order valence-electron chi connectivity index (χ3n) is 2.65. The standard InChI is InChI=1S/C12H16N2O/c1-8-4-3-5-10-11(8)15-12(14-10)9(2)6-7-13/h3-5,9H,6-7,13H2,1-2H3. The van der Waals surface area contributed by atoms with Crippen LogP contribution < -0.4 is 5.73 Å². The monoisotopic (exact) mass is 204 g/mol. The minimum absolute atomic E-state index is 0.293. The first-order valence-corrected chi connectivity index (χ1v) is 5.28. The van der Waals surface area contributed by atoms with E-state index in [-0.39, 0.29) is 0 Å². The minimum Gasteiger partial charge on any atom is -0.440 e. The first-order valence-electron chi connectivity index (χ1n) is 5.28. The third kappa shape index (κ3) is 1.88. The van der Waals surface area contributed by atoms with E-state index in [0.717, 1.165) is 29.0 Å². The van der Waals surface area contributed by atoms with Crippen LogP contribution in [-0.4, -0.2) is 11.5 Å². The van der Waals surface area contributed by atoms with E-state index in [1.165, 1.54) is 0 Å². The van der Waals surface area contributed by atoms with E-state index in [0.29, 0.717) is 12.5 Å². The normalized spacial score (nSPS) is 13.3. The molecule has 1 unspecified atom stereocenters. The predicted molar refractivity (Wildman–Crippen MR) is 60.8 cm³/mol. The second kappa shape index (κ2) is 4.03. The number of rotatable bonds is 3. The first-order chi connectivity index (χ1) is 7.22. The van der Waals surface area contributed by atoms with Crippen molar-refractivity contribution >= 4 is 11.1 Å². The van der Waals surface area contributed by atoms with Crippen LogP contribution >= 0.6 is 0 Å². The Bertz CT molecular complexity index is 462. The first kappa shape index (κ1) is 10.2. The van der Waals surface area contributed by atoms with Gasteiger partial charge in [-0.15, -0.1) is 0 Å². The maximum atomic E-state index is 5.75. The van der Waals surface area contributed by atoms with Crippen LogP contribution in [0.4, 0.5) is 0 Å². The molecule has 15 heavy (non-hydrogen) atoms. The molecule has 2 N–H and O–H groups in total. The summed E-state index contributed by atoms with van der Waals surface area (Å²) in [6, 6.07) is 6.01. The highest BCUT2D eigenvalue weighted by Gasteiger charge is 2.13. The number of nitrogens with zero attached hydrogens (tertiary/aromatic N) is 1. The van der Waals surface area contributed by atoms with Crippen molar-refractivity contribution in [2.75, 3.05) is 6.54 Å². The lowest BCUT2D eigenvalue weighted by atomic mass is 10.1. The van der Waals surface area contributed by atoms with Gasteiger partial charge in [0.15, 0.2) is 11.5 Å². The molecule has 0 aliphatic carbocycles. The summed E-state index contributed by atoms with van der Waals surface area (Å²) in [6.07, 6.45) is 0.909. The van der Waals surface area contributed by atoms with E-state index in [1.54, 1.807) is 0 Å². The van der Waals surface area contributed by atoms with Crippen LogP contribution in [0.5, 0.6) is 0 Å². The zero-order valence-corrected chi connectivity index (χ0v) is 9.16. The van der Waals surface area contributed by atoms with Crippen molar-refractivity contribution in [3.05, 3.63) is 29.7 Å². The van der Waals surface area contributed by atoms with Gasteiger partial charge in [-0.3, -0.25) is 0 Å². The molecule has 0 aliphatic heterocycles. The second-order valence-electron chi connectivity index (χ2n) is 3.95. The Hall–Kier alpha value is -1.35. The number of nitrogens with two attached hydrogens (primary N) is 1. The largest absolute Gasteiger partial charge is 0.440 e. The molecule has 3 nitrogen and oxygen atoms in total. The summed E-state index contributed by atoms with van der Waals surface area (Å²) in [5.41, 5.74) is 8.49. The van der Waals surface area contributed by atoms with Crippen molar-refractivity contribution in [1.29, 1.82) is 0 Å². The Kier molecular flexibility index (Phi) is 2.73. The van der Waals surface area contributed by atoms with E-state index >= 15 is 0 Å². The van der Waals surface area contributed by atoms with Gasteiger partial charge in [0.05, 0.1) is 0 Å². The van der Waals surface area contributed by atoms with Crippen LogP contribution in [0.3, 0.4) is 0 Å². The lowest BCUT2D eigenvalue weighted by Crippen LogP contribution is -2.04. The summed E-state index contributed by atoms with van der Waals surface area (Å²) in [5, 5.41) is 0. The van der Waals surface area contributed by atoms with Gasteiger partial charge in [0.25, 0.3) is 0 Å². The highest BCUT2D eigenvalue weighted by Crippen LogP contribution is 2.25. The SMILES string of the molecule is Cc1cccc2nc(C(C)CCN)oc12. The third-order valence-corrected chi connectivity index (χ3v) is 2.65. The van der Waals surface area contributed by atoms with Crippen LogP contribution in [0.15, 0.2) is 22.6 Å². The number of aromatic nitrogens is 1. The molecule has 80 valence electrons. The summed E-state index contributed by atoms with van der Waals surface area (Å²) in [5.74, 6) is 1.09. The molecular weight excluding hydrogens is 188 g/mol. The molecule has 0 bridgehead atoms. The number of oxazole rings is 1. The van der Waals surface area contributed by atoms with Crippen molar-refractivity contribution in [2.24, 2.45) is 5.73 Å². The maximum Gasteiger partial charge on any atom is 0.198 e. The summed E-state index contributed by atoms with van der Waals surface area (Å²) in [7, 11) is 0. The highest BCUT2D eigenvalue weighted by molar-refractivity contribution is 5.76. The lowest BCUT2D eigenvalue weighted by molar-refractivity contribution is 0.472. The molecule has 1 aromatic carbocycles. The Morgan fingerprint density at radius 2 is 2.27 bits per heavy atom. The van der Waals surface area contributed by atoms with E-state index in [4.69, 9.17) is 10.2 Å². The molecule has 1 aromatic heterocycles. The van der Waals surface area contributed by atoms with Gasteiger partial charge in [-0.25, -0.2) is 4.98 Å². The molecule has 2 rings (SSSR count). The zero-order valence-electron chi connectivity index (χ0n) is 9.16. The van der Waals surface area contributed by atoms with Crippen LogP contribution in [-0.2, 0) is 0 Å². The Labute approximate surface area is 89.3 Å². The molecule has 0 radical (unpaired) electrons. The zero-order chi connectivity index (χ0) is 10.8.